The summed E-state index contributed by atoms with van der Waals surface area (Å²) in [5, 5.41) is 0. The summed E-state index contributed by atoms with van der Waals surface area (Å²) in [5.41, 5.74) is 8.64. The van der Waals surface area contributed by atoms with Crippen molar-refractivity contribution >= 4 is 5.57 Å². The first kappa shape index (κ1) is 22.2. The van der Waals surface area contributed by atoms with Gasteiger partial charge in [-0.2, -0.15) is 0 Å². The van der Waals surface area contributed by atoms with Gasteiger partial charge in [-0.05, 0) is 85.8 Å². The van der Waals surface area contributed by atoms with E-state index in [1.54, 1.807) is 5.57 Å². The quantitative estimate of drug-likeness (QED) is 0.325. The average Bonchev–Trinajstić information content (AvgIpc) is 2.94. The van der Waals surface area contributed by atoms with Gasteiger partial charge in [0.25, 0.3) is 0 Å². The first-order valence-electron chi connectivity index (χ1n) is 13.5. The zero-order valence-corrected chi connectivity index (χ0v) is 20.6. The van der Waals surface area contributed by atoms with E-state index < -0.39 is 0 Å². The molecule has 0 amide bonds. The Kier molecular flexibility index (Phi) is 6.22. The Morgan fingerprint density at radius 2 is 1.77 bits per heavy atom. The molecule has 4 atom stereocenters. The highest BCUT2D eigenvalue weighted by molar-refractivity contribution is 5.74. The van der Waals surface area contributed by atoms with E-state index in [4.69, 9.17) is 6.42 Å². The summed E-state index contributed by atoms with van der Waals surface area (Å²) in [6.07, 6.45) is 39.1. The second kappa shape index (κ2) is 9.79. The summed E-state index contributed by atoms with van der Waals surface area (Å²) in [7, 11) is 0. The molecule has 0 saturated carbocycles. The molecule has 0 aliphatic heterocycles. The molecule has 176 valence electrons. The third-order valence-corrected chi connectivity index (χ3v) is 8.40. The average molecular weight is 458 g/mol. The van der Waals surface area contributed by atoms with E-state index >= 15 is 0 Å². The fourth-order valence-corrected chi connectivity index (χ4v) is 6.63. The third kappa shape index (κ3) is 4.21. The standard InChI is InChI=1S/C34H35N/c1-2-25-21-24-31(33-17-9-8-15-30(25)33)27-19-22-29(23-20-27)35(28-13-4-3-5-14-28)34-18-10-12-26-11-6-7-16-32(26)34/h1,4,6,8-11,13-15,17-19,22,24-27,29H,3,5,7,12,16,20-21,23H2. The highest BCUT2D eigenvalue weighted by Gasteiger charge is 2.31. The normalized spacial score (nSPS) is 29.1. The predicted molar refractivity (Wildman–Crippen MR) is 147 cm³/mol. The van der Waals surface area contributed by atoms with Crippen LogP contribution in [0.1, 0.15) is 68.4 Å². The van der Waals surface area contributed by atoms with Crippen molar-refractivity contribution in [2.45, 2.75) is 63.3 Å². The number of fused-ring (bicyclic) bond motifs is 2. The van der Waals surface area contributed by atoms with E-state index in [0.717, 1.165) is 32.1 Å². The van der Waals surface area contributed by atoms with E-state index in [0.29, 0.717) is 17.9 Å². The Morgan fingerprint density at radius 1 is 0.829 bits per heavy atom. The van der Waals surface area contributed by atoms with Gasteiger partial charge in [-0.3, -0.25) is 0 Å². The molecule has 5 aliphatic rings. The van der Waals surface area contributed by atoms with Crippen molar-refractivity contribution in [1.29, 1.82) is 0 Å². The minimum Gasteiger partial charge on any atom is -0.335 e. The summed E-state index contributed by atoms with van der Waals surface area (Å²) < 4.78 is 0. The van der Waals surface area contributed by atoms with Gasteiger partial charge in [0.15, 0.2) is 0 Å². The Morgan fingerprint density at radius 3 is 2.60 bits per heavy atom. The highest BCUT2D eigenvalue weighted by Crippen LogP contribution is 2.43. The monoisotopic (exact) mass is 457 g/mol. The van der Waals surface area contributed by atoms with Gasteiger partial charge in [0, 0.05) is 29.1 Å². The molecule has 4 unspecified atom stereocenters. The molecule has 0 fully saturated rings. The molecule has 1 aromatic rings. The Bertz CT molecular complexity index is 1240. The molecule has 35 heavy (non-hydrogen) atoms. The number of hydrogen-bond acceptors (Lipinski definition) is 1. The van der Waals surface area contributed by atoms with Crippen molar-refractivity contribution in [2.75, 3.05) is 0 Å². The zero-order chi connectivity index (χ0) is 23.6. The van der Waals surface area contributed by atoms with Crippen molar-refractivity contribution in [2.24, 2.45) is 11.8 Å². The molecule has 6 rings (SSSR count). The second-order valence-electron chi connectivity index (χ2n) is 10.4. The smallest absolute Gasteiger partial charge is 0.0522 e. The fraction of sp³-hybridized carbons (Fsp3) is 0.353. The topological polar surface area (TPSA) is 3.24 Å². The van der Waals surface area contributed by atoms with Gasteiger partial charge < -0.3 is 4.90 Å². The summed E-state index contributed by atoms with van der Waals surface area (Å²) in [5.74, 6) is 4.25. The van der Waals surface area contributed by atoms with Gasteiger partial charge in [-0.15, -0.1) is 6.42 Å². The van der Waals surface area contributed by atoms with Crippen LogP contribution in [0.4, 0.5) is 0 Å². The molecule has 5 aliphatic carbocycles. The van der Waals surface area contributed by atoms with E-state index in [1.807, 2.05) is 0 Å². The van der Waals surface area contributed by atoms with E-state index in [9.17, 15) is 0 Å². The van der Waals surface area contributed by atoms with Crippen LogP contribution in [0, 0.1) is 24.2 Å². The van der Waals surface area contributed by atoms with Crippen LogP contribution in [0.5, 0.6) is 0 Å². The lowest BCUT2D eigenvalue weighted by Crippen LogP contribution is -2.36. The maximum atomic E-state index is 5.86. The molecular weight excluding hydrogens is 422 g/mol. The molecule has 0 aromatic heterocycles. The van der Waals surface area contributed by atoms with Crippen molar-refractivity contribution in [3.63, 3.8) is 0 Å². The number of nitrogens with zero attached hydrogens (tertiary/aromatic N) is 1. The Hall–Kier alpha value is -3.24. The summed E-state index contributed by atoms with van der Waals surface area (Å²) in [6, 6.07) is 9.18. The first-order valence-corrected chi connectivity index (χ1v) is 13.5. The second-order valence-corrected chi connectivity index (χ2v) is 10.4. The van der Waals surface area contributed by atoms with Crippen molar-refractivity contribution in [3.8, 4) is 12.3 Å². The highest BCUT2D eigenvalue weighted by atomic mass is 15.2. The molecule has 0 radical (unpaired) electrons. The van der Waals surface area contributed by atoms with Crippen LogP contribution in [0.2, 0.25) is 0 Å². The number of terminal acetylenes is 1. The Labute approximate surface area is 211 Å². The Balaban J connectivity index is 1.32. The van der Waals surface area contributed by atoms with Gasteiger partial charge in [-0.25, -0.2) is 0 Å². The molecular formula is C34H35N. The van der Waals surface area contributed by atoms with Crippen LogP contribution >= 0.6 is 0 Å². The van der Waals surface area contributed by atoms with Crippen LogP contribution in [0.3, 0.4) is 0 Å². The zero-order valence-electron chi connectivity index (χ0n) is 20.6. The van der Waals surface area contributed by atoms with E-state index in [-0.39, 0.29) is 5.92 Å². The van der Waals surface area contributed by atoms with Crippen LogP contribution in [-0.2, 0) is 0 Å². The summed E-state index contributed by atoms with van der Waals surface area (Å²) in [6.45, 7) is 0. The third-order valence-electron chi connectivity index (χ3n) is 8.40. The number of hydrogen-bond donors (Lipinski definition) is 0. The number of benzene rings is 1. The number of allylic oxidation sites excluding steroid dienone is 11. The molecule has 1 aromatic carbocycles. The maximum absolute atomic E-state index is 5.86. The van der Waals surface area contributed by atoms with Gasteiger partial charge in [0.1, 0.15) is 0 Å². The SMILES string of the molecule is C#CC1CC=C(C2C=CC(N(C3=CCCC=C3)C3=C4CCC=CC4CC=C3)CC2)c2ccccc21. The molecule has 0 heterocycles. The molecule has 0 saturated heterocycles. The number of rotatable bonds is 4. The molecule has 0 bridgehead atoms. The maximum Gasteiger partial charge on any atom is 0.0522 e. The summed E-state index contributed by atoms with van der Waals surface area (Å²) >= 11 is 0. The molecule has 0 N–H and O–H groups in total. The molecule has 1 heteroatoms. The van der Waals surface area contributed by atoms with E-state index in [1.165, 1.54) is 47.4 Å². The summed E-state index contributed by atoms with van der Waals surface area (Å²) in [4.78, 5) is 2.66. The fourth-order valence-electron chi connectivity index (χ4n) is 6.63. The molecule has 0 spiro atoms. The lowest BCUT2D eigenvalue weighted by atomic mass is 9.75. The lowest BCUT2D eigenvalue weighted by Gasteiger charge is -2.41. The van der Waals surface area contributed by atoms with Crippen LogP contribution < -0.4 is 0 Å². The van der Waals surface area contributed by atoms with Crippen molar-refractivity contribution in [3.05, 3.63) is 113 Å². The minimum absolute atomic E-state index is 0.208. The van der Waals surface area contributed by atoms with Crippen LogP contribution in [0.15, 0.2) is 102 Å². The van der Waals surface area contributed by atoms with E-state index in [2.05, 4.69) is 95.8 Å². The molecule has 1 nitrogen and oxygen atoms in total. The van der Waals surface area contributed by atoms with Gasteiger partial charge in [0.05, 0.1) is 6.04 Å². The van der Waals surface area contributed by atoms with Crippen molar-refractivity contribution < 1.29 is 0 Å². The largest absolute Gasteiger partial charge is 0.335 e. The van der Waals surface area contributed by atoms with Gasteiger partial charge >= 0.3 is 0 Å². The minimum atomic E-state index is 0.208. The van der Waals surface area contributed by atoms with Gasteiger partial charge in [0.2, 0.25) is 0 Å². The van der Waals surface area contributed by atoms with Crippen molar-refractivity contribution in [1.82, 2.24) is 4.90 Å². The van der Waals surface area contributed by atoms with Crippen LogP contribution in [-0.4, -0.2) is 10.9 Å². The predicted octanol–water partition coefficient (Wildman–Crippen LogP) is 8.24. The van der Waals surface area contributed by atoms with Crippen LogP contribution in [0.25, 0.3) is 5.57 Å². The van der Waals surface area contributed by atoms with Gasteiger partial charge in [-0.1, -0.05) is 78.8 Å². The lowest BCUT2D eigenvalue weighted by molar-refractivity contribution is 0.330. The first-order chi connectivity index (χ1) is 17.3.